The average molecular weight is 496 g/mol. The molecule has 3 N–H and O–H groups in total. The Kier molecular flexibility index (Phi) is 7.62. The quantitative estimate of drug-likeness (QED) is 0.445. The largest absolute Gasteiger partial charge is 0.481 e. The lowest BCUT2D eigenvalue weighted by atomic mass is 10.1. The molecule has 0 spiro atoms. The second kappa shape index (κ2) is 10.6. The first-order valence-corrected chi connectivity index (χ1v) is 10.6. The van der Waals surface area contributed by atoms with Crippen molar-refractivity contribution in [2.75, 3.05) is 5.32 Å². The van der Waals surface area contributed by atoms with E-state index < -0.39 is 17.9 Å². The zero-order chi connectivity index (χ0) is 23.1. The Labute approximate surface area is 194 Å². The second-order valence-electron chi connectivity index (χ2n) is 7.01. The fourth-order valence-electron chi connectivity index (χ4n) is 2.77. The maximum atomic E-state index is 12.5. The summed E-state index contributed by atoms with van der Waals surface area (Å²) in [5, 5.41) is 2.81. The van der Waals surface area contributed by atoms with Crippen molar-refractivity contribution in [2.45, 2.75) is 20.0 Å². The molecule has 1 unspecified atom stereocenters. The molecule has 1 atom stereocenters. The first-order chi connectivity index (χ1) is 15.3. The van der Waals surface area contributed by atoms with E-state index in [0.29, 0.717) is 17.0 Å². The van der Waals surface area contributed by atoms with Crippen molar-refractivity contribution in [3.63, 3.8) is 0 Å². The summed E-state index contributed by atoms with van der Waals surface area (Å²) < 4.78 is 6.40. The number of ether oxygens (including phenoxy) is 1. The Balaban J connectivity index is 1.59. The molecule has 7 nitrogen and oxygen atoms in total. The van der Waals surface area contributed by atoms with Gasteiger partial charge in [0.1, 0.15) is 5.75 Å². The number of halogens is 1. The second-order valence-corrected chi connectivity index (χ2v) is 7.93. The molecule has 164 valence electrons. The van der Waals surface area contributed by atoms with Gasteiger partial charge in [-0.25, -0.2) is 0 Å². The van der Waals surface area contributed by atoms with Gasteiger partial charge in [-0.3, -0.25) is 25.2 Å². The van der Waals surface area contributed by atoms with Crippen LogP contribution in [0, 0.1) is 6.92 Å². The number of amides is 3. The van der Waals surface area contributed by atoms with Crippen LogP contribution in [0.25, 0.3) is 0 Å². The van der Waals surface area contributed by atoms with Gasteiger partial charge in [-0.2, -0.15) is 0 Å². The van der Waals surface area contributed by atoms with Crippen LogP contribution >= 0.6 is 15.9 Å². The number of anilines is 1. The van der Waals surface area contributed by atoms with Crippen molar-refractivity contribution in [3.05, 3.63) is 94.0 Å². The molecule has 32 heavy (non-hydrogen) atoms. The molecule has 0 aliphatic rings. The number of hydrogen-bond donors (Lipinski definition) is 3. The zero-order valence-corrected chi connectivity index (χ0v) is 19.1. The monoisotopic (exact) mass is 495 g/mol. The molecule has 0 heterocycles. The van der Waals surface area contributed by atoms with Gasteiger partial charge >= 0.3 is 0 Å². The van der Waals surface area contributed by atoms with E-state index in [1.165, 1.54) is 0 Å². The highest BCUT2D eigenvalue weighted by molar-refractivity contribution is 9.10. The van der Waals surface area contributed by atoms with E-state index in [4.69, 9.17) is 4.74 Å². The molecule has 0 radical (unpaired) electrons. The Morgan fingerprint density at radius 2 is 1.59 bits per heavy atom. The number of carbonyl (C=O) groups excluding carboxylic acids is 3. The van der Waals surface area contributed by atoms with Gasteiger partial charge < -0.3 is 10.1 Å². The fourth-order valence-corrected chi connectivity index (χ4v) is 3.15. The Hall–Kier alpha value is -3.65. The lowest BCUT2D eigenvalue weighted by Gasteiger charge is -2.16. The maximum Gasteiger partial charge on any atom is 0.279 e. The molecule has 0 saturated heterocycles. The third-order valence-electron chi connectivity index (χ3n) is 4.56. The van der Waals surface area contributed by atoms with E-state index in [1.807, 2.05) is 19.1 Å². The number of carbonyl (C=O) groups is 3. The summed E-state index contributed by atoms with van der Waals surface area (Å²) in [6, 6.07) is 20.8. The lowest BCUT2D eigenvalue weighted by molar-refractivity contribution is -0.128. The van der Waals surface area contributed by atoms with Gasteiger partial charge in [0, 0.05) is 21.3 Å². The van der Waals surface area contributed by atoms with Gasteiger partial charge in [0.25, 0.3) is 17.7 Å². The number of hydrazine groups is 1. The summed E-state index contributed by atoms with van der Waals surface area (Å²) >= 11 is 3.34. The van der Waals surface area contributed by atoms with Crippen molar-refractivity contribution >= 4 is 39.3 Å². The molecule has 0 saturated carbocycles. The first-order valence-electron chi connectivity index (χ1n) is 9.83. The Morgan fingerprint density at radius 1 is 0.844 bits per heavy atom. The molecule has 0 aliphatic carbocycles. The highest BCUT2D eigenvalue weighted by Crippen LogP contribution is 2.19. The summed E-state index contributed by atoms with van der Waals surface area (Å²) in [5.41, 5.74) is 6.81. The van der Waals surface area contributed by atoms with Crippen LogP contribution in [0.5, 0.6) is 5.75 Å². The summed E-state index contributed by atoms with van der Waals surface area (Å²) in [6.07, 6.45) is -0.830. The average Bonchev–Trinajstić information content (AvgIpc) is 2.79. The number of benzene rings is 3. The zero-order valence-electron chi connectivity index (χ0n) is 17.5. The lowest BCUT2D eigenvalue weighted by Crippen LogP contribution is -2.47. The predicted molar refractivity (Wildman–Crippen MR) is 125 cm³/mol. The number of rotatable bonds is 6. The van der Waals surface area contributed by atoms with E-state index in [2.05, 4.69) is 32.1 Å². The molecule has 0 fully saturated rings. The van der Waals surface area contributed by atoms with Crippen LogP contribution in [-0.2, 0) is 4.79 Å². The van der Waals surface area contributed by atoms with Gasteiger partial charge in [0.2, 0.25) is 0 Å². The summed E-state index contributed by atoms with van der Waals surface area (Å²) in [5.74, 6) is -0.796. The molecule has 8 heteroatoms. The number of aryl methyl sites for hydroxylation is 1. The molecule has 0 bridgehead atoms. The molecular weight excluding hydrogens is 474 g/mol. The van der Waals surface area contributed by atoms with E-state index in [0.717, 1.165) is 10.0 Å². The van der Waals surface area contributed by atoms with Crippen LogP contribution in [0.2, 0.25) is 0 Å². The minimum Gasteiger partial charge on any atom is -0.481 e. The molecule has 3 aromatic carbocycles. The maximum absolute atomic E-state index is 12.5. The minimum absolute atomic E-state index is 0.278. The van der Waals surface area contributed by atoms with Gasteiger partial charge in [0.15, 0.2) is 6.10 Å². The smallest absolute Gasteiger partial charge is 0.279 e. The highest BCUT2D eigenvalue weighted by Gasteiger charge is 2.17. The molecular formula is C24H22BrN3O4. The van der Waals surface area contributed by atoms with Crippen LogP contribution in [0.4, 0.5) is 5.69 Å². The van der Waals surface area contributed by atoms with E-state index in [-0.39, 0.29) is 11.5 Å². The van der Waals surface area contributed by atoms with Crippen LogP contribution in [0.15, 0.2) is 77.3 Å². The SMILES string of the molecule is Cc1ccc(C(=O)NNC(=O)C(C)Oc2cccc(Br)c2)cc1NC(=O)c1ccccc1. The van der Waals surface area contributed by atoms with E-state index >= 15 is 0 Å². The van der Waals surface area contributed by atoms with Gasteiger partial charge in [-0.15, -0.1) is 0 Å². The summed E-state index contributed by atoms with van der Waals surface area (Å²) in [4.78, 5) is 37.2. The molecule has 0 aromatic heterocycles. The third kappa shape index (κ3) is 6.18. The fraction of sp³-hybridized carbons (Fsp3) is 0.125. The van der Waals surface area contributed by atoms with Crippen molar-refractivity contribution in [2.24, 2.45) is 0 Å². The van der Waals surface area contributed by atoms with Crippen molar-refractivity contribution < 1.29 is 19.1 Å². The summed E-state index contributed by atoms with van der Waals surface area (Å²) in [7, 11) is 0. The Bertz CT molecular complexity index is 1140. The van der Waals surface area contributed by atoms with E-state index in [1.54, 1.807) is 67.6 Å². The summed E-state index contributed by atoms with van der Waals surface area (Å²) in [6.45, 7) is 3.40. The van der Waals surface area contributed by atoms with E-state index in [9.17, 15) is 14.4 Å². The van der Waals surface area contributed by atoms with Gasteiger partial charge in [-0.05, 0) is 61.9 Å². The van der Waals surface area contributed by atoms with Crippen LogP contribution in [0.1, 0.15) is 33.2 Å². The normalized spacial score (nSPS) is 11.2. The first kappa shape index (κ1) is 23.0. The molecule has 3 amide bonds. The van der Waals surface area contributed by atoms with Crippen LogP contribution in [-0.4, -0.2) is 23.8 Å². The standard InChI is InChI=1S/C24H22BrN3O4/c1-15-11-12-18(13-21(15)26-23(30)17-7-4-3-5-8-17)24(31)28-27-22(29)16(2)32-20-10-6-9-19(25)14-20/h3-14,16H,1-2H3,(H,26,30)(H,27,29)(H,28,31). The topological polar surface area (TPSA) is 96.5 Å². The van der Waals surface area contributed by atoms with Crippen molar-refractivity contribution in [3.8, 4) is 5.75 Å². The highest BCUT2D eigenvalue weighted by atomic mass is 79.9. The molecule has 0 aliphatic heterocycles. The van der Waals surface area contributed by atoms with Crippen LogP contribution in [0.3, 0.4) is 0 Å². The van der Waals surface area contributed by atoms with Crippen molar-refractivity contribution in [1.82, 2.24) is 10.9 Å². The molecule has 3 aromatic rings. The van der Waals surface area contributed by atoms with Gasteiger partial charge in [-0.1, -0.05) is 46.3 Å². The predicted octanol–water partition coefficient (Wildman–Crippen LogP) is 4.24. The molecule has 3 rings (SSSR count). The third-order valence-corrected chi connectivity index (χ3v) is 5.05. The minimum atomic E-state index is -0.830. The van der Waals surface area contributed by atoms with Gasteiger partial charge in [0.05, 0.1) is 0 Å². The number of nitrogens with one attached hydrogen (secondary N) is 3. The Morgan fingerprint density at radius 3 is 2.31 bits per heavy atom. The van der Waals surface area contributed by atoms with Crippen LogP contribution < -0.4 is 20.9 Å². The number of hydrogen-bond acceptors (Lipinski definition) is 4. The van der Waals surface area contributed by atoms with Crippen molar-refractivity contribution in [1.29, 1.82) is 0 Å².